The van der Waals surface area contributed by atoms with Crippen molar-refractivity contribution in [1.29, 1.82) is 0 Å². The summed E-state index contributed by atoms with van der Waals surface area (Å²) in [4.78, 5) is 12.3. The first kappa shape index (κ1) is 18.4. The van der Waals surface area contributed by atoms with Gasteiger partial charge in [-0.2, -0.15) is 0 Å². The molecular weight excluding hydrogens is 348 g/mol. The van der Waals surface area contributed by atoms with E-state index in [0.717, 1.165) is 11.8 Å². The normalized spacial score (nSPS) is 12.6. The van der Waals surface area contributed by atoms with E-state index < -0.39 is 16.1 Å². The molecule has 0 aliphatic heterocycles. The predicted molar refractivity (Wildman–Crippen MR) is 96.6 cm³/mol. The van der Waals surface area contributed by atoms with Gasteiger partial charge in [-0.1, -0.05) is 41.9 Å². The summed E-state index contributed by atoms with van der Waals surface area (Å²) in [6, 6.07) is 13.5. The largest absolute Gasteiger partial charge is 0.326 e. The van der Waals surface area contributed by atoms with Crippen LogP contribution in [0.2, 0.25) is 5.02 Å². The smallest absolute Gasteiger partial charge is 0.226 e. The second kappa shape index (κ2) is 7.79. The number of halogens is 1. The molecule has 1 amide bonds. The van der Waals surface area contributed by atoms with Crippen LogP contribution in [-0.2, 0) is 14.8 Å². The Morgan fingerprint density at radius 1 is 1.12 bits per heavy atom. The van der Waals surface area contributed by atoms with E-state index >= 15 is 0 Å². The lowest BCUT2D eigenvalue weighted by Gasteiger charge is -2.18. The lowest BCUT2D eigenvalue weighted by Crippen LogP contribution is -2.30. The Morgan fingerprint density at radius 2 is 1.75 bits per heavy atom. The van der Waals surface area contributed by atoms with Gasteiger partial charge in [-0.3, -0.25) is 4.79 Å². The molecule has 0 bridgehead atoms. The van der Waals surface area contributed by atoms with Crippen LogP contribution in [0.15, 0.2) is 48.5 Å². The molecule has 0 fully saturated rings. The monoisotopic (exact) mass is 366 g/mol. The van der Waals surface area contributed by atoms with E-state index in [1.807, 2.05) is 25.1 Å². The number of para-hydroxylation sites is 1. The Bertz CT molecular complexity index is 820. The Labute approximate surface area is 147 Å². The minimum absolute atomic E-state index is 0.0248. The standard InChI is InChI=1S/C17H19ClN2O3S/c1-12-5-3-4-6-15(12)19-17(21)11-16(20-24(2,22)23)13-7-9-14(18)10-8-13/h3-10,16,20H,11H2,1-2H3,(H,19,21)/t16-/m0/s1. The quantitative estimate of drug-likeness (QED) is 0.823. The van der Waals surface area contributed by atoms with Crippen molar-refractivity contribution in [2.24, 2.45) is 0 Å². The lowest BCUT2D eigenvalue weighted by atomic mass is 10.0. The molecule has 0 radical (unpaired) electrons. The highest BCUT2D eigenvalue weighted by atomic mass is 35.5. The zero-order valence-corrected chi connectivity index (χ0v) is 15.0. The van der Waals surface area contributed by atoms with E-state index in [0.29, 0.717) is 16.3 Å². The van der Waals surface area contributed by atoms with E-state index in [2.05, 4.69) is 10.0 Å². The number of carbonyl (C=O) groups is 1. The molecule has 2 N–H and O–H groups in total. The van der Waals surface area contributed by atoms with Crippen molar-refractivity contribution < 1.29 is 13.2 Å². The molecule has 0 aromatic heterocycles. The van der Waals surface area contributed by atoms with Crippen LogP contribution < -0.4 is 10.0 Å². The highest BCUT2D eigenvalue weighted by Crippen LogP contribution is 2.22. The third kappa shape index (κ3) is 5.63. The van der Waals surface area contributed by atoms with Crippen LogP contribution in [-0.4, -0.2) is 20.6 Å². The zero-order valence-electron chi connectivity index (χ0n) is 13.4. The molecule has 0 heterocycles. The molecular formula is C17H19ClN2O3S. The van der Waals surface area contributed by atoms with E-state index in [1.165, 1.54) is 0 Å². The summed E-state index contributed by atoms with van der Waals surface area (Å²) in [5.74, 6) is -0.277. The Morgan fingerprint density at radius 3 is 2.33 bits per heavy atom. The number of aryl methyl sites for hydroxylation is 1. The van der Waals surface area contributed by atoms with Crippen LogP contribution in [0.5, 0.6) is 0 Å². The maximum atomic E-state index is 12.3. The minimum Gasteiger partial charge on any atom is -0.326 e. The van der Waals surface area contributed by atoms with Crippen molar-refractivity contribution >= 4 is 33.2 Å². The summed E-state index contributed by atoms with van der Waals surface area (Å²) in [6.45, 7) is 1.89. The molecule has 0 aliphatic carbocycles. The van der Waals surface area contributed by atoms with Crippen molar-refractivity contribution in [2.75, 3.05) is 11.6 Å². The van der Waals surface area contributed by atoms with Gasteiger partial charge in [0.1, 0.15) is 0 Å². The molecule has 0 saturated heterocycles. The van der Waals surface area contributed by atoms with Gasteiger partial charge in [0, 0.05) is 17.1 Å². The highest BCUT2D eigenvalue weighted by molar-refractivity contribution is 7.88. The molecule has 7 heteroatoms. The SMILES string of the molecule is Cc1ccccc1NC(=O)C[C@H](NS(C)(=O)=O)c1ccc(Cl)cc1. The van der Waals surface area contributed by atoms with Crippen LogP contribution in [0, 0.1) is 6.92 Å². The van der Waals surface area contributed by atoms with Crippen LogP contribution in [0.3, 0.4) is 0 Å². The first-order valence-electron chi connectivity index (χ1n) is 7.33. The Balaban J connectivity index is 2.17. The highest BCUT2D eigenvalue weighted by Gasteiger charge is 2.20. The topological polar surface area (TPSA) is 75.3 Å². The first-order valence-corrected chi connectivity index (χ1v) is 9.60. The third-order valence-electron chi connectivity index (χ3n) is 3.44. The van der Waals surface area contributed by atoms with E-state index in [1.54, 1.807) is 30.3 Å². The lowest BCUT2D eigenvalue weighted by molar-refractivity contribution is -0.116. The summed E-state index contributed by atoms with van der Waals surface area (Å²) in [7, 11) is -3.47. The predicted octanol–water partition coefficient (Wildman–Crippen LogP) is 3.27. The number of benzene rings is 2. The number of sulfonamides is 1. The van der Waals surface area contributed by atoms with Crippen molar-refractivity contribution in [2.45, 2.75) is 19.4 Å². The second-order valence-electron chi connectivity index (χ2n) is 5.56. The summed E-state index contributed by atoms with van der Waals surface area (Å²) < 4.78 is 25.7. The molecule has 24 heavy (non-hydrogen) atoms. The van der Waals surface area contributed by atoms with Crippen LogP contribution in [0.1, 0.15) is 23.6 Å². The maximum Gasteiger partial charge on any atom is 0.226 e. The molecule has 128 valence electrons. The number of amides is 1. The van der Waals surface area contributed by atoms with Crippen molar-refractivity contribution in [3.63, 3.8) is 0 Å². The number of hydrogen-bond donors (Lipinski definition) is 2. The number of carbonyl (C=O) groups excluding carboxylic acids is 1. The van der Waals surface area contributed by atoms with Gasteiger partial charge >= 0.3 is 0 Å². The van der Waals surface area contributed by atoms with Crippen molar-refractivity contribution in [3.05, 3.63) is 64.7 Å². The number of nitrogens with one attached hydrogen (secondary N) is 2. The molecule has 0 spiro atoms. The molecule has 2 aromatic rings. The van der Waals surface area contributed by atoms with Crippen LogP contribution >= 0.6 is 11.6 Å². The summed E-state index contributed by atoms with van der Waals surface area (Å²) in [6.07, 6.45) is 1.04. The average Bonchev–Trinajstić information content (AvgIpc) is 2.48. The molecule has 5 nitrogen and oxygen atoms in total. The number of rotatable bonds is 6. The van der Waals surface area contributed by atoms with Crippen molar-refractivity contribution in [1.82, 2.24) is 4.72 Å². The fraction of sp³-hybridized carbons (Fsp3) is 0.235. The van der Waals surface area contributed by atoms with Gasteiger partial charge < -0.3 is 5.32 Å². The van der Waals surface area contributed by atoms with Gasteiger partial charge in [0.2, 0.25) is 15.9 Å². The van der Waals surface area contributed by atoms with Gasteiger partial charge in [-0.05, 0) is 36.2 Å². The van der Waals surface area contributed by atoms with Gasteiger partial charge in [0.25, 0.3) is 0 Å². The summed E-state index contributed by atoms with van der Waals surface area (Å²) in [5.41, 5.74) is 2.31. The fourth-order valence-corrected chi connectivity index (χ4v) is 3.14. The van der Waals surface area contributed by atoms with E-state index in [4.69, 9.17) is 11.6 Å². The average molecular weight is 367 g/mol. The van der Waals surface area contributed by atoms with Gasteiger partial charge in [-0.25, -0.2) is 13.1 Å². The molecule has 0 unspecified atom stereocenters. The summed E-state index contributed by atoms with van der Waals surface area (Å²) in [5, 5.41) is 3.35. The zero-order chi connectivity index (χ0) is 17.7. The minimum atomic E-state index is -3.47. The molecule has 0 aliphatic rings. The van der Waals surface area contributed by atoms with E-state index in [9.17, 15) is 13.2 Å². The Kier molecular flexibility index (Phi) is 5.99. The van der Waals surface area contributed by atoms with E-state index in [-0.39, 0.29) is 12.3 Å². The van der Waals surface area contributed by atoms with Gasteiger partial charge in [-0.15, -0.1) is 0 Å². The molecule has 2 aromatic carbocycles. The molecule has 1 atom stereocenters. The number of hydrogen-bond acceptors (Lipinski definition) is 3. The van der Waals surface area contributed by atoms with Crippen molar-refractivity contribution in [3.8, 4) is 0 Å². The van der Waals surface area contributed by atoms with Gasteiger partial charge in [0.15, 0.2) is 0 Å². The van der Waals surface area contributed by atoms with Gasteiger partial charge in [0.05, 0.1) is 12.3 Å². The fourth-order valence-electron chi connectivity index (χ4n) is 2.28. The summed E-state index contributed by atoms with van der Waals surface area (Å²) >= 11 is 5.86. The van der Waals surface area contributed by atoms with Crippen LogP contribution in [0.4, 0.5) is 5.69 Å². The number of anilines is 1. The molecule has 0 saturated carbocycles. The maximum absolute atomic E-state index is 12.3. The van der Waals surface area contributed by atoms with Crippen LogP contribution in [0.25, 0.3) is 0 Å². The third-order valence-corrected chi connectivity index (χ3v) is 4.40. The Hall–Kier alpha value is -1.89. The second-order valence-corrected chi connectivity index (χ2v) is 7.78. The molecule has 2 rings (SSSR count). The first-order chi connectivity index (χ1) is 11.2.